The van der Waals surface area contributed by atoms with Crippen molar-refractivity contribution in [1.29, 1.82) is 0 Å². The molecule has 3 aromatic rings. The zero-order chi connectivity index (χ0) is 19.3. The van der Waals surface area contributed by atoms with E-state index in [9.17, 15) is 0 Å². The third-order valence-electron chi connectivity index (χ3n) is 4.89. The quantitative estimate of drug-likeness (QED) is 0.460. The molecule has 2 heterocycles. The number of benzene rings is 2. The van der Waals surface area contributed by atoms with Crippen LogP contribution in [0.3, 0.4) is 0 Å². The van der Waals surface area contributed by atoms with Gasteiger partial charge in [0.25, 0.3) is 0 Å². The maximum absolute atomic E-state index is 6.15. The van der Waals surface area contributed by atoms with E-state index in [2.05, 4.69) is 43.9 Å². The summed E-state index contributed by atoms with van der Waals surface area (Å²) in [5, 5.41) is 11.1. The second kappa shape index (κ2) is 9.31. The highest BCUT2D eigenvalue weighted by Crippen LogP contribution is 2.28. The lowest BCUT2D eigenvalue weighted by Crippen LogP contribution is -2.21. The highest BCUT2D eigenvalue weighted by Gasteiger charge is 2.18. The maximum Gasteiger partial charge on any atom is 0.191 e. The van der Waals surface area contributed by atoms with Gasteiger partial charge in [-0.2, -0.15) is 0 Å². The summed E-state index contributed by atoms with van der Waals surface area (Å²) >= 11 is 13.9. The molecule has 0 atom stereocenters. The van der Waals surface area contributed by atoms with Crippen molar-refractivity contribution < 1.29 is 0 Å². The van der Waals surface area contributed by atoms with Gasteiger partial charge in [-0.1, -0.05) is 71.4 Å². The van der Waals surface area contributed by atoms with E-state index in [-0.39, 0.29) is 0 Å². The maximum atomic E-state index is 6.15. The van der Waals surface area contributed by atoms with Gasteiger partial charge in [-0.3, -0.25) is 4.90 Å². The molecule has 0 bridgehead atoms. The van der Waals surface area contributed by atoms with Crippen LogP contribution in [0.2, 0.25) is 10.0 Å². The Morgan fingerprint density at radius 3 is 2.39 bits per heavy atom. The Morgan fingerprint density at radius 1 is 0.857 bits per heavy atom. The molecule has 4 rings (SSSR count). The van der Waals surface area contributed by atoms with Crippen molar-refractivity contribution in [1.82, 2.24) is 19.7 Å². The molecule has 0 saturated carbocycles. The number of aromatic nitrogens is 3. The molecular weight excluding hydrogens is 411 g/mol. The lowest BCUT2D eigenvalue weighted by Gasteiger charge is -2.16. The van der Waals surface area contributed by atoms with Crippen LogP contribution in [0, 0.1) is 0 Å². The summed E-state index contributed by atoms with van der Waals surface area (Å²) in [6.07, 6.45) is 2.54. The van der Waals surface area contributed by atoms with Gasteiger partial charge in [-0.25, -0.2) is 0 Å². The Labute approximate surface area is 179 Å². The van der Waals surface area contributed by atoms with Crippen molar-refractivity contribution in [3.63, 3.8) is 0 Å². The largest absolute Gasteiger partial charge is 0.300 e. The minimum atomic E-state index is 0.579. The van der Waals surface area contributed by atoms with E-state index in [1.165, 1.54) is 18.4 Å². The molecule has 1 saturated heterocycles. The van der Waals surface area contributed by atoms with Crippen molar-refractivity contribution in [3.8, 4) is 0 Å². The first-order chi connectivity index (χ1) is 13.7. The second-order valence-electron chi connectivity index (χ2n) is 6.99. The molecule has 28 heavy (non-hydrogen) atoms. The smallest absolute Gasteiger partial charge is 0.191 e. The number of thioether (sulfide) groups is 1. The fourth-order valence-electron chi connectivity index (χ4n) is 3.39. The Bertz CT molecular complexity index is 923. The third-order valence-corrected chi connectivity index (χ3v) is 6.67. The Balaban J connectivity index is 1.54. The van der Waals surface area contributed by atoms with E-state index in [4.69, 9.17) is 23.2 Å². The molecular formula is C21H22Cl2N4S. The summed E-state index contributed by atoms with van der Waals surface area (Å²) < 4.78 is 2.25. The first-order valence-corrected chi connectivity index (χ1v) is 11.2. The Hall–Kier alpha value is -1.53. The molecule has 1 aromatic heterocycles. The Morgan fingerprint density at radius 2 is 1.64 bits per heavy atom. The van der Waals surface area contributed by atoms with Gasteiger partial charge in [0.2, 0.25) is 0 Å². The molecule has 0 amide bonds. The van der Waals surface area contributed by atoms with Gasteiger partial charge in [0.1, 0.15) is 5.82 Å². The minimum Gasteiger partial charge on any atom is -0.300 e. The van der Waals surface area contributed by atoms with Gasteiger partial charge in [-0.05, 0) is 49.2 Å². The first kappa shape index (κ1) is 19.8. The molecule has 0 aliphatic carbocycles. The van der Waals surface area contributed by atoms with Crippen LogP contribution in [-0.2, 0) is 18.8 Å². The summed E-state index contributed by atoms with van der Waals surface area (Å²) in [6, 6.07) is 16.2. The normalized spacial score (nSPS) is 14.6. The van der Waals surface area contributed by atoms with E-state index >= 15 is 0 Å². The summed E-state index contributed by atoms with van der Waals surface area (Å²) in [5.74, 6) is 1.80. The molecule has 1 aliphatic heterocycles. The lowest BCUT2D eigenvalue weighted by atomic mass is 10.2. The van der Waals surface area contributed by atoms with Crippen molar-refractivity contribution in [2.45, 2.75) is 36.8 Å². The zero-order valence-electron chi connectivity index (χ0n) is 15.5. The first-order valence-electron chi connectivity index (χ1n) is 9.44. The van der Waals surface area contributed by atoms with Gasteiger partial charge < -0.3 is 4.57 Å². The molecule has 146 valence electrons. The molecule has 7 heteroatoms. The average Bonchev–Trinajstić information content (AvgIpc) is 3.35. The van der Waals surface area contributed by atoms with Crippen molar-refractivity contribution in [3.05, 3.63) is 75.5 Å². The molecule has 2 aromatic carbocycles. The van der Waals surface area contributed by atoms with Crippen LogP contribution in [0.1, 0.15) is 29.8 Å². The van der Waals surface area contributed by atoms with Crippen LogP contribution in [0.15, 0.2) is 53.7 Å². The summed E-state index contributed by atoms with van der Waals surface area (Å²) in [4.78, 5) is 2.46. The SMILES string of the molecule is Clc1ccc(CSc2nnc(CN3CCCC3)n2Cc2ccccc2)cc1Cl. The highest BCUT2D eigenvalue weighted by molar-refractivity contribution is 7.98. The van der Waals surface area contributed by atoms with Crippen LogP contribution in [-0.4, -0.2) is 32.8 Å². The van der Waals surface area contributed by atoms with Crippen molar-refractivity contribution in [2.24, 2.45) is 0 Å². The molecule has 1 aliphatic rings. The predicted molar refractivity (Wildman–Crippen MR) is 116 cm³/mol. The average molecular weight is 433 g/mol. The molecule has 0 spiro atoms. The van der Waals surface area contributed by atoms with Crippen molar-refractivity contribution >= 4 is 35.0 Å². The van der Waals surface area contributed by atoms with Crippen LogP contribution in [0.4, 0.5) is 0 Å². The molecule has 0 radical (unpaired) electrons. The molecule has 0 N–H and O–H groups in total. The van der Waals surface area contributed by atoms with E-state index in [1.54, 1.807) is 11.8 Å². The minimum absolute atomic E-state index is 0.579. The fraction of sp³-hybridized carbons (Fsp3) is 0.333. The zero-order valence-corrected chi connectivity index (χ0v) is 17.8. The van der Waals surface area contributed by atoms with Crippen LogP contribution in [0.25, 0.3) is 0 Å². The highest BCUT2D eigenvalue weighted by atomic mass is 35.5. The number of rotatable bonds is 7. The van der Waals surface area contributed by atoms with E-state index < -0.39 is 0 Å². The second-order valence-corrected chi connectivity index (χ2v) is 8.75. The Kier molecular flexibility index (Phi) is 6.58. The monoisotopic (exact) mass is 432 g/mol. The molecule has 0 unspecified atom stereocenters. The number of likely N-dealkylation sites (tertiary alicyclic amines) is 1. The number of hydrogen-bond donors (Lipinski definition) is 0. The lowest BCUT2D eigenvalue weighted by molar-refractivity contribution is 0.316. The number of hydrogen-bond acceptors (Lipinski definition) is 4. The van der Waals surface area contributed by atoms with E-state index in [1.807, 2.05) is 24.3 Å². The van der Waals surface area contributed by atoms with Gasteiger partial charge >= 0.3 is 0 Å². The van der Waals surface area contributed by atoms with Gasteiger partial charge in [0.05, 0.1) is 23.1 Å². The summed E-state index contributed by atoms with van der Waals surface area (Å²) in [7, 11) is 0. The van der Waals surface area contributed by atoms with Gasteiger partial charge in [0, 0.05) is 5.75 Å². The number of halogens is 2. The van der Waals surface area contributed by atoms with Gasteiger partial charge in [0.15, 0.2) is 5.16 Å². The van der Waals surface area contributed by atoms with E-state index in [0.717, 1.165) is 48.5 Å². The van der Waals surface area contributed by atoms with Crippen molar-refractivity contribution in [2.75, 3.05) is 13.1 Å². The summed E-state index contributed by atoms with van der Waals surface area (Å²) in [5.41, 5.74) is 2.37. The van der Waals surface area contributed by atoms with Gasteiger partial charge in [-0.15, -0.1) is 10.2 Å². The third kappa shape index (κ3) is 4.90. The fourth-order valence-corrected chi connectivity index (χ4v) is 4.61. The summed E-state index contributed by atoms with van der Waals surface area (Å²) in [6.45, 7) is 3.92. The topological polar surface area (TPSA) is 34.0 Å². The molecule has 1 fully saturated rings. The molecule has 4 nitrogen and oxygen atoms in total. The van der Waals surface area contributed by atoms with Crippen LogP contribution >= 0.6 is 35.0 Å². The standard InChI is InChI=1S/C21H22Cl2N4S/c22-18-9-8-17(12-19(18)23)15-28-21-25-24-20(14-26-10-4-5-11-26)27(21)13-16-6-2-1-3-7-16/h1-3,6-9,12H,4-5,10-11,13-15H2. The van der Waals surface area contributed by atoms with Crippen LogP contribution < -0.4 is 0 Å². The van der Waals surface area contributed by atoms with Crippen LogP contribution in [0.5, 0.6) is 0 Å². The van der Waals surface area contributed by atoms with E-state index in [0.29, 0.717) is 10.0 Å². The predicted octanol–water partition coefficient (Wildman–Crippen LogP) is 5.52. The number of nitrogens with zero attached hydrogens (tertiary/aromatic N) is 4.